The highest BCUT2D eigenvalue weighted by atomic mass is 79.9. The lowest BCUT2D eigenvalue weighted by Crippen LogP contribution is -2.09. The molecular formula is C18H12BrN3OS. The predicted octanol–water partition coefficient (Wildman–Crippen LogP) is 4.78. The van der Waals surface area contributed by atoms with E-state index in [1.54, 1.807) is 6.20 Å². The van der Waals surface area contributed by atoms with Crippen LogP contribution in [0.15, 0.2) is 57.2 Å². The molecule has 0 aliphatic heterocycles. The van der Waals surface area contributed by atoms with Crippen LogP contribution in [-0.4, -0.2) is 15.0 Å². The monoisotopic (exact) mass is 397 g/mol. The van der Waals surface area contributed by atoms with Crippen LogP contribution in [0.1, 0.15) is 5.56 Å². The van der Waals surface area contributed by atoms with E-state index in [4.69, 9.17) is 0 Å². The number of nitrogens with zero attached hydrogens (tertiary/aromatic N) is 2. The standard InChI is InChI=1S/C18H12BrN3OS/c1-10-5-6-13(19)11(8-10)12-9-24-18-15(12)17(23)21-16(22-18)14-4-2-3-7-20-14/h2-9H,1H3,(H,21,22,23). The normalized spacial score (nSPS) is 11.1. The number of hydrogen-bond donors (Lipinski definition) is 1. The molecule has 0 spiro atoms. The van der Waals surface area contributed by atoms with Gasteiger partial charge in [0.25, 0.3) is 5.56 Å². The summed E-state index contributed by atoms with van der Waals surface area (Å²) in [5.74, 6) is 0.491. The van der Waals surface area contributed by atoms with Crippen LogP contribution in [-0.2, 0) is 0 Å². The lowest BCUT2D eigenvalue weighted by molar-refractivity contribution is 1.15. The molecule has 0 fully saturated rings. The minimum Gasteiger partial charge on any atom is -0.305 e. The zero-order valence-corrected chi connectivity index (χ0v) is 15.1. The van der Waals surface area contributed by atoms with Gasteiger partial charge in [-0.3, -0.25) is 9.78 Å². The predicted molar refractivity (Wildman–Crippen MR) is 101 cm³/mol. The molecule has 3 aromatic heterocycles. The van der Waals surface area contributed by atoms with Gasteiger partial charge in [0.05, 0.1) is 5.39 Å². The van der Waals surface area contributed by atoms with Crippen molar-refractivity contribution in [3.05, 3.63) is 68.4 Å². The van der Waals surface area contributed by atoms with E-state index >= 15 is 0 Å². The van der Waals surface area contributed by atoms with Gasteiger partial charge in [0, 0.05) is 21.6 Å². The first-order valence-electron chi connectivity index (χ1n) is 7.33. The minimum absolute atomic E-state index is 0.148. The van der Waals surface area contributed by atoms with Crippen molar-refractivity contribution in [3.63, 3.8) is 0 Å². The minimum atomic E-state index is -0.148. The first kappa shape index (κ1) is 15.2. The van der Waals surface area contributed by atoms with E-state index in [-0.39, 0.29) is 5.56 Å². The van der Waals surface area contributed by atoms with Crippen LogP contribution in [0.25, 0.3) is 32.9 Å². The van der Waals surface area contributed by atoms with Gasteiger partial charge < -0.3 is 4.98 Å². The van der Waals surface area contributed by atoms with Crippen molar-refractivity contribution >= 4 is 37.5 Å². The summed E-state index contributed by atoms with van der Waals surface area (Å²) in [5.41, 5.74) is 3.54. The fourth-order valence-corrected chi connectivity index (χ4v) is 4.02. The van der Waals surface area contributed by atoms with Crippen LogP contribution in [0.4, 0.5) is 0 Å². The summed E-state index contributed by atoms with van der Waals surface area (Å²) in [5, 5.41) is 2.60. The molecular weight excluding hydrogens is 386 g/mol. The second kappa shape index (κ2) is 5.96. The summed E-state index contributed by atoms with van der Waals surface area (Å²) in [6.07, 6.45) is 1.68. The Kier molecular flexibility index (Phi) is 3.78. The van der Waals surface area contributed by atoms with Crippen LogP contribution in [0, 0.1) is 6.92 Å². The number of halogens is 1. The lowest BCUT2D eigenvalue weighted by atomic mass is 10.0. The van der Waals surface area contributed by atoms with Crippen molar-refractivity contribution < 1.29 is 0 Å². The quantitative estimate of drug-likeness (QED) is 0.529. The molecule has 24 heavy (non-hydrogen) atoms. The summed E-state index contributed by atoms with van der Waals surface area (Å²) >= 11 is 5.04. The number of aromatic nitrogens is 3. The van der Waals surface area contributed by atoms with Gasteiger partial charge >= 0.3 is 0 Å². The number of nitrogens with one attached hydrogen (secondary N) is 1. The highest BCUT2D eigenvalue weighted by molar-refractivity contribution is 9.10. The van der Waals surface area contributed by atoms with E-state index < -0.39 is 0 Å². The number of H-pyrrole nitrogens is 1. The molecule has 0 atom stereocenters. The second-order valence-electron chi connectivity index (χ2n) is 5.44. The molecule has 0 bridgehead atoms. The molecule has 1 N–H and O–H groups in total. The molecule has 0 amide bonds. The van der Waals surface area contributed by atoms with E-state index in [9.17, 15) is 4.79 Å². The zero-order valence-electron chi connectivity index (χ0n) is 12.7. The van der Waals surface area contributed by atoms with Crippen LogP contribution in [0.2, 0.25) is 0 Å². The lowest BCUT2D eigenvalue weighted by Gasteiger charge is -2.05. The molecule has 4 aromatic rings. The van der Waals surface area contributed by atoms with Crippen molar-refractivity contribution in [1.82, 2.24) is 15.0 Å². The number of benzene rings is 1. The van der Waals surface area contributed by atoms with Crippen LogP contribution in [0.3, 0.4) is 0 Å². The Morgan fingerprint density at radius 2 is 2.04 bits per heavy atom. The maximum Gasteiger partial charge on any atom is 0.260 e. The molecule has 6 heteroatoms. The van der Waals surface area contributed by atoms with Gasteiger partial charge in [-0.15, -0.1) is 11.3 Å². The fraction of sp³-hybridized carbons (Fsp3) is 0.0556. The van der Waals surface area contributed by atoms with Gasteiger partial charge in [-0.05, 0) is 30.7 Å². The molecule has 4 rings (SSSR count). The number of thiophene rings is 1. The summed E-state index contributed by atoms with van der Waals surface area (Å²) in [6.45, 7) is 2.03. The Morgan fingerprint density at radius 1 is 1.17 bits per heavy atom. The van der Waals surface area contributed by atoms with Gasteiger partial charge in [-0.2, -0.15) is 0 Å². The van der Waals surface area contributed by atoms with E-state index in [2.05, 4.69) is 36.9 Å². The van der Waals surface area contributed by atoms with Crippen molar-refractivity contribution in [2.45, 2.75) is 6.92 Å². The number of fused-ring (bicyclic) bond motifs is 1. The molecule has 118 valence electrons. The highest BCUT2D eigenvalue weighted by Gasteiger charge is 2.15. The Morgan fingerprint density at radius 3 is 2.83 bits per heavy atom. The average molecular weight is 398 g/mol. The third-order valence-electron chi connectivity index (χ3n) is 3.76. The maximum absolute atomic E-state index is 12.7. The van der Waals surface area contributed by atoms with Gasteiger partial charge in [-0.1, -0.05) is 39.7 Å². The number of rotatable bonds is 2. The summed E-state index contributed by atoms with van der Waals surface area (Å²) < 4.78 is 0.959. The average Bonchev–Trinajstić information content (AvgIpc) is 3.02. The smallest absolute Gasteiger partial charge is 0.260 e. The molecule has 0 saturated heterocycles. The Bertz CT molecular complexity index is 1100. The van der Waals surface area contributed by atoms with Gasteiger partial charge in [-0.25, -0.2) is 4.98 Å². The third-order valence-corrected chi connectivity index (χ3v) is 5.33. The molecule has 0 unspecified atom stereocenters. The number of aryl methyl sites for hydroxylation is 1. The maximum atomic E-state index is 12.7. The molecule has 1 aromatic carbocycles. The Balaban J connectivity index is 1.95. The fourth-order valence-electron chi connectivity index (χ4n) is 2.62. The summed E-state index contributed by atoms with van der Waals surface area (Å²) in [7, 11) is 0. The molecule has 0 saturated carbocycles. The van der Waals surface area contributed by atoms with Crippen molar-refractivity contribution in [1.29, 1.82) is 0 Å². The van der Waals surface area contributed by atoms with Crippen LogP contribution < -0.4 is 5.56 Å². The summed E-state index contributed by atoms with van der Waals surface area (Å²) in [4.78, 5) is 25.1. The van der Waals surface area contributed by atoms with Crippen LogP contribution >= 0.6 is 27.3 Å². The second-order valence-corrected chi connectivity index (χ2v) is 7.15. The Hall–Kier alpha value is -2.31. The first-order valence-corrected chi connectivity index (χ1v) is 9.00. The molecule has 3 heterocycles. The molecule has 4 nitrogen and oxygen atoms in total. The van der Waals surface area contributed by atoms with Gasteiger partial charge in [0.1, 0.15) is 10.5 Å². The topological polar surface area (TPSA) is 58.6 Å². The van der Waals surface area contributed by atoms with Crippen LogP contribution in [0.5, 0.6) is 0 Å². The molecule has 0 aliphatic rings. The third kappa shape index (κ3) is 2.57. The van der Waals surface area contributed by atoms with E-state index in [1.165, 1.54) is 11.3 Å². The summed E-state index contributed by atoms with van der Waals surface area (Å²) in [6, 6.07) is 11.6. The number of pyridine rings is 1. The Labute approximate surface area is 150 Å². The zero-order chi connectivity index (χ0) is 16.7. The SMILES string of the molecule is Cc1ccc(Br)c(-c2csc3nc(-c4ccccn4)[nH]c(=O)c23)c1. The van der Waals surface area contributed by atoms with Crippen molar-refractivity contribution in [3.8, 4) is 22.6 Å². The number of aromatic amines is 1. The largest absolute Gasteiger partial charge is 0.305 e. The van der Waals surface area contributed by atoms with E-state index in [1.807, 2.05) is 42.6 Å². The van der Waals surface area contributed by atoms with Gasteiger partial charge in [0.15, 0.2) is 5.82 Å². The number of hydrogen-bond acceptors (Lipinski definition) is 4. The van der Waals surface area contributed by atoms with E-state index in [0.29, 0.717) is 21.7 Å². The highest BCUT2D eigenvalue weighted by Crippen LogP contribution is 2.36. The molecule has 0 aliphatic carbocycles. The van der Waals surface area contributed by atoms with Crippen molar-refractivity contribution in [2.24, 2.45) is 0 Å². The van der Waals surface area contributed by atoms with Gasteiger partial charge in [0.2, 0.25) is 0 Å². The molecule has 0 radical (unpaired) electrons. The van der Waals surface area contributed by atoms with Crippen molar-refractivity contribution in [2.75, 3.05) is 0 Å². The van der Waals surface area contributed by atoms with E-state index in [0.717, 1.165) is 21.2 Å². The first-order chi connectivity index (χ1) is 11.6.